The van der Waals surface area contributed by atoms with E-state index in [9.17, 15) is 18.3 Å². The Morgan fingerprint density at radius 3 is 2.33 bits per heavy atom. The molecule has 0 aliphatic carbocycles. The Labute approximate surface area is 85.5 Å². The first kappa shape index (κ1) is 12.0. The molecule has 84 valence electrons. The molecule has 3 N–H and O–H groups in total. The average molecular weight is 219 g/mol. The van der Waals surface area contributed by atoms with Crippen molar-refractivity contribution in [1.29, 1.82) is 0 Å². The van der Waals surface area contributed by atoms with E-state index < -0.39 is 23.1 Å². The molecule has 0 spiro atoms. The number of halogens is 3. The SMILES string of the molecule is CCC(O)(CN)c1ccc(F)c(F)c1F. The second kappa shape index (κ2) is 4.20. The van der Waals surface area contributed by atoms with Crippen LogP contribution in [0.3, 0.4) is 0 Å². The minimum absolute atomic E-state index is 0.117. The summed E-state index contributed by atoms with van der Waals surface area (Å²) < 4.78 is 38.8. The van der Waals surface area contributed by atoms with Crippen LogP contribution in [0.2, 0.25) is 0 Å². The molecule has 0 aliphatic heterocycles. The molecule has 1 aromatic carbocycles. The highest BCUT2D eigenvalue weighted by Gasteiger charge is 2.30. The summed E-state index contributed by atoms with van der Waals surface area (Å²) in [7, 11) is 0. The van der Waals surface area contributed by atoms with Crippen LogP contribution in [0, 0.1) is 17.5 Å². The Hall–Kier alpha value is -1.07. The van der Waals surface area contributed by atoms with Gasteiger partial charge in [-0.3, -0.25) is 0 Å². The maximum atomic E-state index is 13.3. The molecule has 1 rings (SSSR count). The second-order valence-corrected chi connectivity index (χ2v) is 3.31. The van der Waals surface area contributed by atoms with Crippen molar-refractivity contribution < 1.29 is 18.3 Å². The summed E-state index contributed by atoms with van der Waals surface area (Å²) in [5.74, 6) is -4.26. The van der Waals surface area contributed by atoms with Crippen LogP contribution in [-0.2, 0) is 5.60 Å². The molecule has 0 fully saturated rings. The molecule has 0 radical (unpaired) electrons. The van der Waals surface area contributed by atoms with Gasteiger partial charge in [0, 0.05) is 12.1 Å². The van der Waals surface area contributed by atoms with Gasteiger partial charge >= 0.3 is 0 Å². The third kappa shape index (κ3) is 1.98. The largest absolute Gasteiger partial charge is 0.384 e. The number of hydrogen-bond acceptors (Lipinski definition) is 2. The fourth-order valence-electron chi connectivity index (χ4n) is 1.33. The van der Waals surface area contributed by atoms with Crippen molar-refractivity contribution in [3.63, 3.8) is 0 Å². The van der Waals surface area contributed by atoms with E-state index in [1.54, 1.807) is 6.92 Å². The fourth-order valence-corrected chi connectivity index (χ4v) is 1.33. The lowest BCUT2D eigenvalue weighted by Crippen LogP contribution is -2.35. The molecule has 1 aromatic rings. The van der Waals surface area contributed by atoms with Crippen molar-refractivity contribution in [3.05, 3.63) is 35.1 Å². The summed E-state index contributed by atoms with van der Waals surface area (Å²) in [6.45, 7) is 1.32. The first-order valence-corrected chi connectivity index (χ1v) is 4.52. The van der Waals surface area contributed by atoms with Gasteiger partial charge in [0.05, 0.1) is 0 Å². The molecule has 15 heavy (non-hydrogen) atoms. The van der Waals surface area contributed by atoms with Crippen molar-refractivity contribution in [3.8, 4) is 0 Å². The van der Waals surface area contributed by atoms with Gasteiger partial charge in [-0.2, -0.15) is 0 Å². The van der Waals surface area contributed by atoms with Crippen molar-refractivity contribution in [1.82, 2.24) is 0 Å². The molecule has 0 heterocycles. The highest BCUT2D eigenvalue weighted by Crippen LogP contribution is 2.28. The minimum Gasteiger partial charge on any atom is -0.384 e. The van der Waals surface area contributed by atoms with Crippen LogP contribution in [0.1, 0.15) is 18.9 Å². The lowest BCUT2D eigenvalue weighted by molar-refractivity contribution is 0.0373. The molecule has 5 heteroatoms. The molecular formula is C10H12F3NO. The Morgan fingerprint density at radius 1 is 1.27 bits per heavy atom. The maximum Gasteiger partial charge on any atom is 0.194 e. The van der Waals surface area contributed by atoms with Crippen LogP contribution in [0.4, 0.5) is 13.2 Å². The summed E-state index contributed by atoms with van der Waals surface area (Å²) in [4.78, 5) is 0. The van der Waals surface area contributed by atoms with E-state index in [2.05, 4.69) is 0 Å². The van der Waals surface area contributed by atoms with Crippen molar-refractivity contribution >= 4 is 0 Å². The summed E-state index contributed by atoms with van der Waals surface area (Å²) in [6, 6.07) is 1.77. The molecule has 1 unspecified atom stereocenters. The van der Waals surface area contributed by atoms with Crippen LogP contribution in [-0.4, -0.2) is 11.7 Å². The Balaban J connectivity index is 3.32. The second-order valence-electron chi connectivity index (χ2n) is 3.31. The van der Waals surface area contributed by atoms with Gasteiger partial charge in [0.1, 0.15) is 5.60 Å². The predicted octanol–water partition coefficient (Wildman–Crippen LogP) is 1.66. The Bertz CT molecular complexity index is 364. The number of rotatable bonds is 3. The van der Waals surface area contributed by atoms with Gasteiger partial charge in [0.2, 0.25) is 0 Å². The molecule has 1 atom stereocenters. The van der Waals surface area contributed by atoms with Gasteiger partial charge in [-0.15, -0.1) is 0 Å². The van der Waals surface area contributed by atoms with E-state index in [1.807, 2.05) is 0 Å². The van der Waals surface area contributed by atoms with E-state index in [1.165, 1.54) is 0 Å². The number of hydrogen-bond donors (Lipinski definition) is 2. The summed E-state index contributed by atoms with van der Waals surface area (Å²) >= 11 is 0. The molecule has 0 amide bonds. The maximum absolute atomic E-state index is 13.3. The van der Waals surface area contributed by atoms with Gasteiger partial charge < -0.3 is 10.8 Å². The van der Waals surface area contributed by atoms with Gasteiger partial charge in [-0.05, 0) is 12.5 Å². The molecule has 0 bridgehead atoms. The van der Waals surface area contributed by atoms with Crippen molar-refractivity contribution in [2.45, 2.75) is 18.9 Å². The Kier molecular flexibility index (Phi) is 3.36. The van der Waals surface area contributed by atoms with Crippen LogP contribution in [0.25, 0.3) is 0 Å². The molecular weight excluding hydrogens is 207 g/mol. The smallest absolute Gasteiger partial charge is 0.194 e. The van der Waals surface area contributed by atoms with E-state index in [0.29, 0.717) is 0 Å². The van der Waals surface area contributed by atoms with Crippen LogP contribution >= 0.6 is 0 Å². The van der Waals surface area contributed by atoms with E-state index in [0.717, 1.165) is 12.1 Å². The highest BCUT2D eigenvalue weighted by molar-refractivity contribution is 5.26. The number of aliphatic hydroxyl groups is 1. The monoisotopic (exact) mass is 219 g/mol. The third-order valence-corrected chi connectivity index (χ3v) is 2.46. The van der Waals surface area contributed by atoms with E-state index in [-0.39, 0.29) is 18.5 Å². The zero-order chi connectivity index (χ0) is 11.6. The highest BCUT2D eigenvalue weighted by atomic mass is 19.2. The predicted molar refractivity (Wildman–Crippen MR) is 49.6 cm³/mol. The standard InChI is InChI=1S/C10H12F3NO/c1-2-10(15,5-14)6-3-4-7(11)9(13)8(6)12/h3-4,15H,2,5,14H2,1H3. The van der Waals surface area contributed by atoms with E-state index >= 15 is 0 Å². The van der Waals surface area contributed by atoms with Gasteiger partial charge in [-0.25, -0.2) is 13.2 Å². The van der Waals surface area contributed by atoms with Crippen molar-refractivity contribution in [2.24, 2.45) is 5.73 Å². The average Bonchev–Trinajstić information content (AvgIpc) is 2.25. The Morgan fingerprint density at radius 2 is 1.87 bits per heavy atom. The molecule has 0 saturated carbocycles. The first-order valence-electron chi connectivity index (χ1n) is 4.52. The lowest BCUT2D eigenvalue weighted by atomic mass is 9.90. The fraction of sp³-hybridized carbons (Fsp3) is 0.400. The molecule has 0 aliphatic rings. The zero-order valence-corrected chi connectivity index (χ0v) is 8.23. The summed E-state index contributed by atoms with van der Waals surface area (Å²) in [5, 5.41) is 9.84. The minimum atomic E-state index is -1.65. The molecule has 0 aromatic heterocycles. The topological polar surface area (TPSA) is 46.2 Å². The van der Waals surface area contributed by atoms with Crippen molar-refractivity contribution in [2.75, 3.05) is 6.54 Å². The van der Waals surface area contributed by atoms with Gasteiger partial charge in [0.25, 0.3) is 0 Å². The molecule has 2 nitrogen and oxygen atoms in total. The summed E-state index contributed by atoms with van der Waals surface area (Å²) in [5.41, 5.74) is 3.31. The quantitative estimate of drug-likeness (QED) is 0.759. The van der Waals surface area contributed by atoms with Crippen LogP contribution in [0.5, 0.6) is 0 Å². The van der Waals surface area contributed by atoms with Gasteiger partial charge in [0.15, 0.2) is 17.5 Å². The van der Waals surface area contributed by atoms with Crippen LogP contribution < -0.4 is 5.73 Å². The zero-order valence-electron chi connectivity index (χ0n) is 8.23. The number of nitrogens with two attached hydrogens (primary N) is 1. The molecule has 0 saturated heterocycles. The first-order chi connectivity index (χ1) is 6.96. The lowest BCUT2D eigenvalue weighted by Gasteiger charge is -2.25. The summed E-state index contributed by atoms with van der Waals surface area (Å²) in [6.07, 6.45) is 0.117. The normalized spacial score (nSPS) is 15.1. The third-order valence-electron chi connectivity index (χ3n) is 2.46. The van der Waals surface area contributed by atoms with Gasteiger partial charge in [-0.1, -0.05) is 13.0 Å². The van der Waals surface area contributed by atoms with E-state index in [4.69, 9.17) is 5.73 Å². The number of benzene rings is 1. The van der Waals surface area contributed by atoms with Crippen LogP contribution in [0.15, 0.2) is 12.1 Å².